The number of carbonyl (C=O) groups excluding carboxylic acids is 3. The van der Waals surface area contributed by atoms with Crippen LogP contribution < -0.4 is 0 Å². The molecule has 0 aromatic carbocycles. The van der Waals surface area contributed by atoms with Crippen molar-refractivity contribution in [2.75, 3.05) is 13.2 Å². The first kappa shape index (κ1) is 67.4. The van der Waals surface area contributed by atoms with Crippen LogP contribution in [-0.4, -0.2) is 37.2 Å². The molecule has 6 nitrogen and oxygen atoms in total. The molecule has 0 radical (unpaired) electrons. The van der Waals surface area contributed by atoms with Crippen LogP contribution in [0.15, 0.2) is 48.6 Å². The van der Waals surface area contributed by atoms with Crippen LogP contribution in [-0.2, 0) is 28.6 Å². The summed E-state index contributed by atoms with van der Waals surface area (Å²) < 4.78 is 16.8. The zero-order valence-corrected chi connectivity index (χ0v) is 46.8. The highest BCUT2D eigenvalue weighted by Crippen LogP contribution is 2.17. The molecule has 6 heteroatoms. The molecule has 0 aliphatic carbocycles. The van der Waals surface area contributed by atoms with E-state index in [9.17, 15) is 14.4 Å². The van der Waals surface area contributed by atoms with Crippen molar-refractivity contribution >= 4 is 17.9 Å². The predicted molar refractivity (Wildman–Crippen MR) is 302 cm³/mol. The number of hydrogen-bond donors (Lipinski definition) is 0. The molecule has 0 fully saturated rings. The summed E-state index contributed by atoms with van der Waals surface area (Å²) in [5.74, 6) is -0.856. The van der Waals surface area contributed by atoms with Gasteiger partial charge in [-0.15, -0.1) is 0 Å². The summed E-state index contributed by atoms with van der Waals surface area (Å²) in [6.45, 7) is 6.53. The van der Waals surface area contributed by atoms with Gasteiger partial charge in [0, 0.05) is 19.3 Å². The van der Waals surface area contributed by atoms with Crippen LogP contribution in [0.3, 0.4) is 0 Å². The van der Waals surface area contributed by atoms with Crippen LogP contribution in [0.4, 0.5) is 0 Å². The first-order valence-electron chi connectivity index (χ1n) is 30.6. The van der Waals surface area contributed by atoms with Crippen molar-refractivity contribution in [2.24, 2.45) is 0 Å². The van der Waals surface area contributed by atoms with Gasteiger partial charge in [0.05, 0.1) is 0 Å². The monoisotopic (exact) mass is 981 g/mol. The molecule has 0 aliphatic heterocycles. The number of rotatable bonds is 56. The molecule has 0 spiro atoms. The Labute approximate surface area is 435 Å². The lowest BCUT2D eigenvalue weighted by atomic mass is 10.0. The Hall–Kier alpha value is -2.63. The molecule has 0 rings (SSSR count). The van der Waals surface area contributed by atoms with Crippen LogP contribution in [0.25, 0.3) is 0 Å². The highest BCUT2D eigenvalue weighted by molar-refractivity contribution is 5.71. The molecule has 408 valence electrons. The Kier molecular flexibility index (Phi) is 56.7. The number of carbonyl (C=O) groups is 3. The zero-order valence-electron chi connectivity index (χ0n) is 46.8. The minimum Gasteiger partial charge on any atom is -0.462 e. The quantitative estimate of drug-likeness (QED) is 0.0261. The molecule has 1 unspecified atom stereocenters. The third-order valence-corrected chi connectivity index (χ3v) is 13.6. The molecule has 0 amide bonds. The van der Waals surface area contributed by atoms with E-state index >= 15 is 0 Å². The first-order valence-corrected chi connectivity index (χ1v) is 30.6. The second-order valence-corrected chi connectivity index (χ2v) is 20.6. The van der Waals surface area contributed by atoms with Gasteiger partial charge in [-0.05, 0) is 57.8 Å². The maximum atomic E-state index is 12.8. The van der Waals surface area contributed by atoms with Gasteiger partial charge in [0.1, 0.15) is 13.2 Å². The second-order valence-electron chi connectivity index (χ2n) is 20.6. The van der Waals surface area contributed by atoms with E-state index in [2.05, 4.69) is 69.4 Å². The van der Waals surface area contributed by atoms with Crippen LogP contribution in [0.5, 0.6) is 0 Å². The Morgan fingerprint density at radius 2 is 0.557 bits per heavy atom. The lowest BCUT2D eigenvalue weighted by Gasteiger charge is -2.18. The smallest absolute Gasteiger partial charge is 0.306 e. The molecule has 0 saturated heterocycles. The van der Waals surface area contributed by atoms with Gasteiger partial charge >= 0.3 is 17.9 Å². The zero-order chi connectivity index (χ0) is 50.7. The highest BCUT2D eigenvalue weighted by Gasteiger charge is 2.19. The summed E-state index contributed by atoms with van der Waals surface area (Å²) in [5, 5.41) is 0. The molecule has 0 saturated carbocycles. The van der Waals surface area contributed by atoms with Crippen LogP contribution in [0.1, 0.15) is 323 Å². The van der Waals surface area contributed by atoms with E-state index < -0.39 is 6.10 Å². The van der Waals surface area contributed by atoms with Crippen LogP contribution >= 0.6 is 0 Å². The summed E-state index contributed by atoms with van der Waals surface area (Å²) in [6, 6.07) is 0. The number of allylic oxidation sites excluding steroid dienone is 8. The fraction of sp³-hybridized carbons (Fsp3) is 0.828. The van der Waals surface area contributed by atoms with Gasteiger partial charge in [0.15, 0.2) is 6.10 Å². The van der Waals surface area contributed by atoms with E-state index in [4.69, 9.17) is 14.2 Å². The number of esters is 3. The maximum Gasteiger partial charge on any atom is 0.306 e. The van der Waals surface area contributed by atoms with Gasteiger partial charge in [-0.1, -0.05) is 294 Å². The molecule has 0 N–H and O–H groups in total. The fourth-order valence-corrected chi connectivity index (χ4v) is 9.02. The number of ether oxygens (including phenoxy) is 3. The average Bonchev–Trinajstić information content (AvgIpc) is 3.36. The highest BCUT2D eigenvalue weighted by atomic mass is 16.6. The Balaban J connectivity index is 4.08. The third kappa shape index (κ3) is 56.3. The molecule has 0 aromatic heterocycles. The van der Waals surface area contributed by atoms with E-state index in [1.807, 2.05) is 0 Å². The largest absolute Gasteiger partial charge is 0.462 e. The average molecular weight is 982 g/mol. The van der Waals surface area contributed by atoms with Crippen molar-refractivity contribution in [1.29, 1.82) is 0 Å². The van der Waals surface area contributed by atoms with Gasteiger partial charge in [-0.3, -0.25) is 14.4 Å². The topological polar surface area (TPSA) is 78.9 Å². The van der Waals surface area contributed by atoms with E-state index in [1.165, 1.54) is 199 Å². The Morgan fingerprint density at radius 1 is 0.300 bits per heavy atom. The molecule has 0 bridgehead atoms. The molecular formula is C64H116O6. The molecule has 1 atom stereocenters. The molecule has 70 heavy (non-hydrogen) atoms. The summed E-state index contributed by atoms with van der Waals surface area (Å²) in [7, 11) is 0. The van der Waals surface area contributed by atoms with Gasteiger partial charge in [-0.2, -0.15) is 0 Å². The fourth-order valence-electron chi connectivity index (χ4n) is 9.02. The number of unbranched alkanes of at least 4 members (excludes halogenated alkanes) is 37. The van der Waals surface area contributed by atoms with Crippen molar-refractivity contribution in [3.63, 3.8) is 0 Å². The van der Waals surface area contributed by atoms with Crippen molar-refractivity contribution in [3.8, 4) is 0 Å². The normalized spacial score (nSPS) is 12.3. The third-order valence-electron chi connectivity index (χ3n) is 13.6. The minimum atomic E-state index is -0.767. The molecule has 0 aliphatic rings. The predicted octanol–water partition coefficient (Wildman–Crippen LogP) is 20.6. The van der Waals surface area contributed by atoms with Gasteiger partial charge in [0.25, 0.3) is 0 Å². The van der Waals surface area contributed by atoms with Crippen molar-refractivity contribution < 1.29 is 28.6 Å². The lowest BCUT2D eigenvalue weighted by molar-refractivity contribution is -0.167. The van der Waals surface area contributed by atoms with E-state index in [-0.39, 0.29) is 31.1 Å². The Bertz CT molecular complexity index is 1220. The standard InChI is InChI=1S/C64H116O6/c1-4-7-10-13-16-18-20-22-24-26-28-29-30-31-32-33-34-35-36-38-39-41-43-45-48-51-54-57-63(66)69-60-61(59-68-62(65)56-53-50-47-15-12-9-6-3)70-64(67)58-55-52-49-46-44-42-40-37-27-25-23-21-19-17-14-11-8-5-2/h7,10,16,18,22,24,28-29,61H,4-6,8-9,11-15,17,19-21,23,25-27,30-60H2,1-3H3/b10-7-,18-16-,24-22-,29-28-. The second kappa shape index (κ2) is 58.9. The van der Waals surface area contributed by atoms with Crippen LogP contribution in [0, 0.1) is 0 Å². The van der Waals surface area contributed by atoms with Crippen molar-refractivity contribution in [3.05, 3.63) is 48.6 Å². The summed E-state index contributed by atoms with van der Waals surface area (Å²) in [5.41, 5.74) is 0. The van der Waals surface area contributed by atoms with E-state index in [1.54, 1.807) is 0 Å². The lowest BCUT2D eigenvalue weighted by Crippen LogP contribution is -2.30. The molecular weight excluding hydrogens is 865 g/mol. The molecule has 0 heterocycles. The maximum absolute atomic E-state index is 12.8. The molecule has 0 aromatic rings. The van der Waals surface area contributed by atoms with Gasteiger partial charge in [0.2, 0.25) is 0 Å². The van der Waals surface area contributed by atoms with Crippen molar-refractivity contribution in [1.82, 2.24) is 0 Å². The summed E-state index contributed by atoms with van der Waals surface area (Å²) in [4.78, 5) is 38.0. The SMILES string of the molecule is CC/C=C\C/C=C\C/C=C\C/C=C\CCCCCCCCCCCCCCCCC(=O)OCC(COC(=O)CCCCCCCCC)OC(=O)CCCCCCCCCCCCCCCCCCCC. The van der Waals surface area contributed by atoms with Crippen LogP contribution in [0.2, 0.25) is 0 Å². The van der Waals surface area contributed by atoms with Gasteiger partial charge in [-0.25, -0.2) is 0 Å². The minimum absolute atomic E-state index is 0.0682. The van der Waals surface area contributed by atoms with Crippen molar-refractivity contribution in [2.45, 2.75) is 329 Å². The van der Waals surface area contributed by atoms with Gasteiger partial charge < -0.3 is 14.2 Å². The van der Waals surface area contributed by atoms with E-state index in [0.717, 1.165) is 83.5 Å². The number of hydrogen-bond acceptors (Lipinski definition) is 6. The van der Waals surface area contributed by atoms with E-state index in [0.29, 0.717) is 19.3 Å². The first-order chi connectivity index (χ1) is 34.5. The summed E-state index contributed by atoms with van der Waals surface area (Å²) >= 11 is 0. The Morgan fingerprint density at radius 3 is 0.871 bits per heavy atom. The summed E-state index contributed by atoms with van der Waals surface area (Å²) in [6.07, 6.45) is 72.8.